The van der Waals surface area contributed by atoms with Gasteiger partial charge in [0.2, 0.25) is 5.91 Å². The summed E-state index contributed by atoms with van der Waals surface area (Å²) in [6.45, 7) is 2.25. The lowest BCUT2D eigenvalue weighted by atomic mass is 10.1. The summed E-state index contributed by atoms with van der Waals surface area (Å²) in [5, 5.41) is 15.0. The van der Waals surface area contributed by atoms with Gasteiger partial charge in [-0.3, -0.25) is 14.9 Å². The second-order valence-corrected chi connectivity index (χ2v) is 7.41. The highest BCUT2D eigenvalue weighted by Gasteiger charge is 2.31. The molecule has 0 aliphatic carbocycles. The van der Waals surface area contributed by atoms with Gasteiger partial charge in [-0.15, -0.1) is 0 Å². The van der Waals surface area contributed by atoms with Crippen LogP contribution in [0, 0.1) is 0 Å². The van der Waals surface area contributed by atoms with Crippen LogP contribution in [-0.2, 0) is 11.2 Å². The molecular weight excluding hydrogens is 352 g/mol. The summed E-state index contributed by atoms with van der Waals surface area (Å²) in [7, 11) is 0. The van der Waals surface area contributed by atoms with Gasteiger partial charge >= 0.3 is 0 Å². The standard InChI is InChI=1S/C19H22N2O4S/c1-2-12-5-8-15(20-10-12)16(22)11-25-14-6-3-13(4-7-14)9-17-18(23)21-19(24)26-17/h3-8,10,15-17,20,22H,2,9,11H2,1H3,(H,21,23,24)/t15?,16-,17?/m1/s1. The van der Waals surface area contributed by atoms with Crippen LogP contribution < -0.4 is 15.4 Å². The lowest BCUT2D eigenvalue weighted by Crippen LogP contribution is -2.40. The van der Waals surface area contributed by atoms with E-state index in [1.165, 1.54) is 5.57 Å². The summed E-state index contributed by atoms with van der Waals surface area (Å²) >= 11 is 1.02. The molecule has 0 bridgehead atoms. The van der Waals surface area contributed by atoms with Gasteiger partial charge in [0, 0.05) is 6.20 Å². The van der Waals surface area contributed by atoms with Crippen LogP contribution in [0.15, 0.2) is 48.2 Å². The lowest BCUT2D eigenvalue weighted by molar-refractivity contribution is -0.118. The van der Waals surface area contributed by atoms with E-state index in [2.05, 4.69) is 17.6 Å². The first-order valence-corrected chi connectivity index (χ1v) is 9.47. The molecule has 1 aromatic carbocycles. The summed E-state index contributed by atoms with van der Waals surface area (Å²) in [6, 6.07) is 7.18. The Kier molecular flexibility index (Phi) is 6.00. The van der Waals surface area contributed by atoms with E-state index in [1.807, 2.05) is 30.5 Å². The van der Waals surface area contributed by atoms with Gasteiger partial charge in [0.1, 0.15) is 18.5 Å². The van der Waals surface area contributed by atoms with Gasteiger partial charge in [-0.25, -0.2) is 0 Å². The average molecular weight is 374 g/mol. The Morgan fingerprint density at radius 3 is 2.62 bits per heavy atom. The van der Waals surface area contributed by atoms with Crippen molar-refractivity contribution in [3.8, 4) is 5.75 Å². The molecule has 2 unspecified atom stereocenters. The number of ether oxygens (including phenoxy) is 1. The van der Waals surface area contributed by atoms with Crippen LogP contribution in [0.25, 0.3) is 0 Å². The molecular formula is C19H22N2O4S. The number of aliphatic hydroxyl groups excluding tert-OH is 1. The van der Waals surface area contributed by atoms with E-state index in [0.29, 0.717) is 12.2 Å². The minimum atomic E-state index is -0.662. The van der Waals surface area contributed by atoms with E-state index < -0.39 is 6.10 Å². The van der Waals surface area contributed by atoms with Crippen LogP contribution in [0.5, 0.6) is 5.75 Å². The number of carbonyl (C=O) groups excluding carboxylic acids is 2. The Morgan fingerprint density at radius 1 is 1.27 bits per heavy atom. The van der Waals surface area contributed by atoms with Gasteiger partial charge in [0.15, 0.2) is 0 Å². The molecule has 26 heavy (non-hydrogen) atoms. The highest BCUT2D eigenvalue weighted by molar-refractivity contribution is 8.15. The SMILES string of the molecule is CCC1=CNC([C@H](O)COc2ccc(CC3SC(=O)NC3=O)cc2)C=C1. The average Bonchev–Trinajstić information content (AvgIpc) is 2.98. The van der Waals surface area contributed by atoms with E-state index >= 15 is 0 Å². The number of carbonyl (C=O) groups is 2. The minimum Gasteiger partial charge on any atom is -0.491 e. The number of hydrogen-bond donors (Lipinski definition) is 3. The van der Waals surface area contributed by atoms with Gasteiger partial charge in [-0.05, 0) is 36.1 Å². The molecule has 1 fully saturated rings. The van der Waals surface area contributed by atoms with Gasteiger partial charge in [0.25, 0.3) is 5.24 Å². The van der Waals surface area contributed by atoms with Crippen molar-refractivity contribution in [3.63, 3.8) is 0 Å². The summed E-state index contributed by atoms with van der Waals surface area (Å²) in [6.07, 6.45) is 6.66. The first-order chi connectivity index (χ1) is 12.5. The molecule has 0 aromatic heterocycles. The number of rotatable bonds is 7. The number of hydrogen-bond acceptors (Lipinski definition) is 6. The number of imide groups is 1. The third-order valence-corrected chi connectivity index (χ3v) is 5.32. The molecule has 0 radical (unpaired) electrons. The molecule has 0 saturated carbocycles. The van der Waals surface area contributed by atoms with Crippen molar-refractivity contribution in [2.45, 2.75) is 37.2 Å². The second-order valence-electron chi connectivity index (χ2n) is 6.23. The normalized spacial score (nSPS) is 23.2. The molecule has 2 aliphatic heterocycles. The van der Waals surface area contributed by atoms with E-state index in [-0.39, 0.29) is 29.0 Å². The van der Waals surface area contributed by atoms with Crippen molar-refractivity contribution in [1.29, 1.82) is 0 Å². The Labute approximate surface area is 156 Å². The number of benzene rings is 1. The summed E-state index contributed by atoms with van der Waals surface area (Å²) < 4.78 is 5.65. The number of aliphatic hydroxyl groups is 1. The lowest BCUT2D eigenvalue weighted by Gasteiger charge is -2.23. The predicted octanol–water partition coefficient (Wildman–Crippen LogP) is 2.14. The molecule has 3 atom stereocenters. The fourth-order valence-corrected chi connectivity index (χ4v) is 3.60. The molecule has 1 aromatic rings. The van der Waals surface area contributed by atoms with Gasteiger partial charge < -0.3 is 15.2 Å². The zero-order valence-electron chi connectivity index (χ0n) is 14.5. The minimum absolute atomic E-state index is 0.167. The molecule has 2 heterocycles. The first kappa shape index (κ1) is 18.5. The first-order valence-electron chi connectivity index (χ1n) is 8.59. The molecule has 7 heteroatoms. The summed E-state index contributed by atoms with van der Waals surface area (Å²) in [5.41, 5.74) is 2.15. The molecule has 138 valence electrons. The van der Waals surface area contributed by atoms with Crippen molar-refractivity contribution in [2.75, 3.05) is 6.61 Å². The van der Waals surface area contributed by atoms with Crippen LogP contribution in [0.1, 0.15) is 18.9 Å². The summed E-state index contributed by atoms with van der Waals surface area (Å²) in [5.74, 6) is 0.411. The number of dihydropyridines is 1. The van der Waals surface area contributed by atoms with Gasteiger partial charge in [0.05, 0.1) is 11.3 Å². The Bertz CT molecular complexity index is 730. The molecule has 2 aliphatic rings. The number of nitrogens with one attached hydrogen (secondary N) is 2. The smallest absolute Gasteiger partial charge is 0.286 e. The van der Waals surface area contributed by atoms with E-state index in [4.69, 9.17) is 4.74 Å². The van der Waals surface area contributed by atoms with Crippen LogP contribution in [-0.4, -0.2) is 40.3 Å². The van der Waals surface area contributed by atoms with Crippen molar-refractivity contribution in [2.24, 2.45) is 0 Å². The topological polar surface area (TPSA) is 87.7 Å². The highest BCUT2D eigenvalue weighted by atomic mass is 32.2. The second kappa shape index (κ2) is 8.42. The third-order valence-electron chi connectivity index (χ3n) is 4.33. The van der Waals surface area contributed by atoms with Crippen LogP contribution in [0.2, 0.25) is 0 Å². The maximum absolute atomic E-state index is 11.6. The largest absolute Gasteiger partial charge is 0.491 e. The van der Waals surface area contributed by atoms with Crippen molar-refractivity contribution in [1.82, 2.24) is 10.6 Å². The number of thioether (sulfide) groups is 1. The monoisotopic (exact) mass is 374 g/mol. The van der Waals surface area contributed by atoms with Crippen LogP contribution >= 0.6 is 11.8 Å². The van der Waals surface area contributed by atoms with Crippen LogP contribution in [0.4, 0.5) is 4.79 Å². The quantitative estimate of drug-likeness (QED) is 0.678. The fraction of sp³-hybridized carbons (Fsp3) is 0.368. The molecule has 0 spiro atoms. The van der Waals surface area contributed by atoms with E-state index in [1.54, 1.807) is 12.1 Å². The number of amides is 2. The van der Waals surface area contributed by atoms with E-state index in [9.17, 15) is 14.7 Å². The zero-order chi connectivity index (χ0) is 18.5. The van der Waals surface area contributed by atoms with Crippen molar-refractivity contribution >= 4 is 22.9 Å². The Morgan fingerprint density at radius 2 is 2.04 bits per heavy atom. The molecule has 3 N–H and O–H groups in total. The Balaban J connectivity index is 1.47. The van der Waals surface area contributed by atoms with Gasteiger partial charge in [-0.1, -0.05) is 43.0 Å². The molecule has 3 rings (SSSR count). The zero-order valence-corrected chi connectivity index (χ0v) is 15.3. The molecule has 6 nitrogen and oxygen atoms in total. The maximum atomic E-state index is 11.6. The van der Waals surface area contributed by atoms with Gasteiger partial charge in [-0.2, -0.15) is 0 Å². The van der Waals surface area contributed by atoms with Crippen LogP contribution in [0.3, 0.4) is 0 Å². The molecule has 1 saturated heterocycles. The highest BCUT2D eigenvalue weighted by Crippen LogP contribution is 2.24. The van der Waals surface area contributed by atoms with Crippen molar-refractivity contribution in [3.05, 3.63) is 53.8 Å². The Hall–Kier alpha value is -2.25. The fourth-order valence-electron chi connectivity index (χ4n) is 2.74. The third kappa shape index (κ3) is 4.68. The van der Waals surface area contributed by atoms with Crippen molar-refractivity contribution < 1.29 is 19.4 Å². The predicted molar refractivity (Wildman–Crippen MR) is 101 cm³/mol. The maximum Gasteiger partial charge on any atom is 0.286 e. The summed E-state index contributed by atoms with van der Waals surface area (Å²) in [4.78, 5) is 22.8. The molecule has 2 amide bonds. The van der Waals surface area contributed by atoms with E-state index in [0.717, 1.165) is 23.7 Å². The number of allylic oxidation sites excluding steroid dienone is 2.